The van der Waals surface area contributed by atoms with Gasteiger partial charge < -0.3 is 5.32 Å². The number of benzene rings is 1. The number of carbonyl (C=O) groups excluding carboxylic acids is 1. The fourth-order valence-electron chi connectivity index (χ4n) is 3.36. The van der Waals surface area contributed by atoms with Crippen molar-refractivity contribution in [1.29, 1.82) is 0 Å². The number of hydrogen-bond donors (Lipinski definition) is 1. The summed E-state index contributed by atoms with van der Waals surface area (Å²) in [5.41, 5.74) is 2.89. The second-order valence-electron chi connectivity index (χ2n) is 6.54. The summed E-state index contributed by atoms with van der Waals surface area (Å²) in [5, 5.41) is 5.31. The Morgan fingerprint density at radius 1 is 1.22 bits per heavy atom. The van der Waals surface area contributed by atoms with Crippen LogP contribution in [0.2, 0.25) is 0 Å². The van der Waals surface area contributed by atoms with E-state index in [0.717, 1.165) is 38.9 Å². The van der Waals surface area contributed by atoms with Crippen LogP contribution in [0.5, 0.6) is 0 Å². The lowest BCUT2D eigenvalue weighted by atomic mass is 9.98. The van der Waals surface area contributed by atoms with E-state index in [1.165, 1.54) is 16.0 Å². The van der Waals surface area contributed by atoms with Gasteiger partial charge in [-0.05, 0) is 41.8 Å². The Kier molecular flexibility index (Phi) is 4.19. The van der Waals surface area contributed by atoms with Gasteiger partial charge in [0.2, 0.25) is 5.91 Å². The molecule has 0 bridgehead atoms. The van der Waals surface area contributed by atoms with E-state index < -0.39 is 0 Å². The van der Waals surface area contributed by atoms with Crippen molar-refractivity contribution in [3.05, 3.63) is 57.8 Å². The number of hydrogen-bond acceptors (Lipinski definition) is 3. The summed E-state index contributed by atoms with van der Waals surface area (Å²) >= 11 is 1.79. The minimum absolute atomic E-state index is 0.240. The van der Waals surface area contributed by atoms with Crippen molar-refractivity contribution in [2.45, 2.75) is 31.8 Å². The van der Waals surface area contributed by atoms with E-state index >= 15 is 0 Å². The van der Waals surface area contributed by atoms with Crippen molar-refractivity contribution < 1.29 is 4.79 Å². The zero-order valence-corrected chi connectivity index (χ0v) is 14.0. The van der Waals surface area contributed by atoms with Crippen LogP contribution in [0.4, 0.5) is 0 Å². The summed E-state index contributed by atoms with van der Waals surface area (Å²) in [6, 6.07) is 13.3. The highest BCUT2D eigenvalue weighted by Gasteiger charge is 2.31. The number of nitrogens with zero attached hydrogens (tertiary/aromatic N) is 1. The smallest absolute Gasteiger partial charge is 0.223 e. The first-order valence-corrected chi connectivity index (χ1v) is 9.31. The third-order valence-electron chi connectivity index (χ3n) is 4.89. The number of carbonyl (C=O) groups is 1. The highest BCUT2D eigenvalue weighted by atomic mass is 32.1. The average Bonchev–Trinajstić information content (AvgIpc) is 3.31. The second kappa shape index (κ2) is 6.46. The largest absolute Gasteiger partial charge is 0.354 e. The predicted octanol–water partition coefficient (Wildman–Crippen LogP) is 3.37. The van der Waals surface area contributed by atoms with Gasteiger partial charge in [0.1, 0.15) is 0 Å². The Labute approximate surface area is 141 Å². The van der Waals surface area contributed by atoms with Gasteiger partial charge in [-0.15, -0.1) is 11.3 Å². The molecule has 1 aliphatic carbocycles. The minimum atomic E-state index is 0.240. The summed E-state index contributed by atoms with van der Waals surface area (Å²) in [6.45, 7) is 2.74. The third-order valence-corrected chi connectivity index (χ3v) is 5.86. The van der Waals surface area contributed by atoms with Crippen LogP contribution in [0.15, 0.2) is 41.8 Å². The maximum Gasteiger partial charge on any atom is 0.223 e. The molecule has 1 amide bonds. The molecular formula is C19H22N2OS. The first kappa shape index (κ1) is 14.9. The molecule has 1 N–H and O–H groups in total. The predicted molar refractivity (Wildman–Crippen MR) is 93.3 cm³/mol. The maximum atomic E-state index is 12.0. The van der Waals surface area contributed by atoms with Crippen LogP contribution in [0.25, 0.3) is 0 Å². The van der Waals surface area contributed by atoms with E-state index in [0.29, 0.717) is 0 Å². The van der Waals surface area contributed by atoms with Gasteiger partial charge in [0.15, 0.2) is 0 Å². The average molecular weight is 326 g/mol. The van der Waals surface area contributed by atoms with E-state index in [2.05, 4.69) is 52.0 Å². The first-order valence-electron chi connectivity index (χ1n) is 8.43. The fourth-order valence-corrected chi connectivity index (χ4v) is 4.22. The van der Waals surface area contributed by atoms with E-state index in [-0.39, 0.29) is 17.9 Å². The Balaban J connectivity index is 1.50. The van der Waals surface area contributed by atoms with Gasteiger partial charge in [-0.25, -0.2) is 0 Å². The standard InChI is InChI=1S/C19H22N2OS/c22-19(15-7-8-15)20-12-17(18-6-3-11-23-18)21-10-9-14-4-1-2-5-16(14)13-21/h1-6,11,15,17H,7-10,12-13H2,(H,20,22)/t17-/m1/s1. The lowest BCUT2D eigenvalue weighted by Crippen LogP contribution is -2.40. The van der Waals surface area contributed by atoms with E-state index in [4.69, 9.17) is 0 Å². The molecule has 1 aromatic heterocycles. The van der Waals surface area contributed by atoms with Crippen LogP contribution in [-0.2, 0) is 17.8 Å². The lowest BCUT2D eigenvalue weighted by molar-refractivity contribution is -0.122. The van der Waals surface area contributed by atoms with Crippen molar-refractivity contribution in [3.63, 3.8) is 0 Å². The molecule has 23 heavy (non-hydrogen) atoms. The van der Waals surface area contributed by atoms with Gasteiger partial charge in [0.05, 0.1) is 6.04 Å². The SMILES string of the molecule is O=C(NC[C@H](c1cccs1)N1CCc2ccccc2C1)C1CC1. The molecule has 1 aliphatic heterocycles. The van der Waals surface area contributed by atoms with Crippen molar-refractivity contribution in [2.24, 2.45) is 5.92 Å². The molecule has 1 saturated carbocycles. The van der Waals surface area contributed by atoms with Gasteiger partial charge in [0.25, 0.3) is 0 Å². The second-order valence-corrected chi connectivity index (χ2v) is 7.52. The molecular weight excluding hydrogens is 304 g/mol. The van der Waals surface area contributed by atoms with Crippen LogP contribution in [0.3, 0.4) is 0 Å². The molecule has 3 nitrogen and oxygen atoms in total. The summed E-state index contributed by atoms with van der Waals surface area (Å²) in [7, 11) is 0. The number of fused-ring (bicyclic) bond motifs is 1. The van der Waals surface area contributed by atoms with Crippen LogP contribution < -0.4 is 5.32 Å². The van der Waals surface area contributed by atoms with Crippen molar-refractivity contribution in [2.75, 3.05) is 13.1 Å². The Morgan fingerprint density at radius 3 is 2.78 bits per heavy atom. The molecule has 1 atom stereocenters. The van der Waals surface area contributed by atoms with Crippen molar-refractivity contribution >= 4 is 17.2 Å². The third kappa shape index (κ3) is 3.33. The Bertz CT molecular complexity index is 678. The summed E-state index contributed by atoms with van der Waals surface area (Å²) in [4.78, 5) is 15.9. The summed E-state index contributed by atoms with van der Waals surface area (Å²) < 4.78 is 0. The monoisotopic (exact) mass is 326 g/mol. The molecule has 0 spiro atoms. The van der Waals surface area contributed by atoms with Gasteiger partial charge in [0, 0.05) is 30.4 Å². The number of nitrogens with one attached hydrogen (secondary N) is 1. The molecule has 2 aromatic rings. The van der Waals surface area contributed by atoms with Crippen LogP contribution in [-0.4, -0.2) is 23.9 Å². The van der Waals surface area contributed by atoms with Gasteiger partial charge in [-0.1, -0.05) is 30.3 Å². The Morgan fingerprint density at radius 2 is 2.04 bits per heavy atom. The number of rotatable bonds is 5. The first-order chi connectivity index (χ1) is 11.3. The highest BCUT2D eigenvalue weighted by molar-refractivity contribution is 7.10. The zero-order chi connectivity index (χ0) is 15.6. The number of amides is 1. The molecule has 0 saturated heterocycles. The van der Waals surface area contributed by atoms with Crippen molar-refractivity contribution in [1.82, 2.24) is 10.2 Å². The van der Waals surface area contributed by atoms with Crippen LogP contribution in [0.1, 0.15) is 34.9 Å². The minimum Gasteiger partial charge on any atom is -0.354 e. The molecule has 4 heteroatoms. The topological polar surface area (TPSA) is 32.3 Å². The zero-order valence-electron chi connectivity index (χ0n) is 13.2. The highest BCUT2D eigenvalue weighted by Crippen LogP contribution is 2.31. The summed E-state index contributed by atoms with van der Waals surface area (Å²) in [6.07, 6.45) is 3.22. The van der Waals surface area contributed by atoms with E-state index in [1.807, 2.05) is 0 Å². The molecule has 2 aliphatic rings. The Hall–Kier alpha value is -1.65. The molecule has 0 radical (unpaired) electrons. The van der Waals surface area contributed by atoms with Crippen LogP contribution >= 0.6 is 11.3 Å². The van der Waals surface area contributed by atoms with Crippen LogP contribution in [0, 0.1) is 5.92 Å². The summed E-state index contributed by atoms with van der Waals surface area (Å²) in [5.74, 6) is 0.519. The van der Waals surface area contributed by atoms with Crippen molar-refractivity contribution in [3.8, 4) is 0 Å². The van der Waals surface area contributed by atoms with Gasteiger partial charge >= 0.3 is 0 Å². The maximum absolute atomic E-state index is 12.0. The molecule has 1 aromatic carbocycles. The molecule has 120 valence electrons. The van der Waals surface area contributed by atoms with Gasteiger partial charge in [-0.2, -0.15) is 0 Å². The molecule has 1 fully saturated rings. The normalized spacial score (nSPS) is 19.1. The number of thiophene rings is 1. The fraction of sp³-hybridized carbons (Fsp3) is 0.421. The molecule has 4 rings (SSSR count). The van der Waals surface area contributed by atoms with Gasteiger partial charge in [-0.3, -0.25) is 9.69 Å². The lowest BCUT2D eigenvalue weighted by Gasteiger charge is -2.35. The molecule has 0 unspecified atom stereocenters. The molecule has 2 heterocycles. The van der Waals surface area contributed by atoms with E-state index in [1.54, 1.807) is 11.3 Å². The van der Waals surface area contributed by atoms with E-state index in [9.17, 15) is 4.79 Å². The quantitative estimate of drug-likeness (QED) is 0.913.